The van der Waals surface area contributed by atoms with Crippen molar-refractivity contribution in [3.05, 3.63) is 52.8 Å². The summed E-state index contributed by atoms with van der Waals surface area (Å²) in [5, 5.41) is 26.3. The average molecular weight is 495 g/mol. The normalized spacial score (nSPS) is 27.5. The summed E-state index contributed by atoms with van der Waals surface area (Å²) in [7, 11) is 0. The van der Waals surface area contributed by atoms with Gasteiger partial charge in [-0.2, -0.15) is 0 Å². The molecule has 4 N–H and O–H groups in total. The Morgan fingerprint density at radius 1 is 0.861 bits per heavy atom. The van der Waals surface area contributed by atoms with Gasteiger partial charge in [-0.15, -0.1) is 0 Å². The Bertz CT molecular complexity index is 1050. The maximum atomic E-state index is 13.1. The number of aliphatic hydroxyl groups is 2. The molecule has 194 valence electrons. The standard InChI is InChI=1S/C29H38N2O5/c32-27-25-18-21-17-22(35-15-3-7-19-5-1-13-30-28(19)33)9-10-23(21)24(25)11-12-26(27)36-16-4-8-20-6-2-14-31-29(20)34/h9-12,17-20,28-31,33-34H,1-8,13-16H2. The molecule has 1 aromatic rings. The van der Waals surface area contributed by atoms with Gasteiger partial charge in [-0.25, -0.2) is 0 Å². The number of ether oxygens (including phenoxy) is 2. The third kappa shape index (κ3) is 5.75. The van der Waals surface area contributed by atoms with Crippen molar-refractivity contribution in [3.8, 4) is 5.75 Å². The monoisotopic (exact) mass is 494 g/mol. The molecule has 2 aliphatic heterocycles. The Morgan fingerprint density at radius 3 is 2.19 bits per heavy atom. The SMILES string of the molecule is O=C1C(OCCCC2CCCNC2O)=CC=C2C1=Cc1cc(OCCCC3CCCNC3O)ccc12. The maximum Gasteiger partial charge on any atom is 0.228 e. The van der Waals surface area contributed by atoms with E-state index in [1.54, 1.807) is 6.08 Å². The van der Waals surface area contributed by atoms with E-state index in [0.29, 0.717) is 30.5 Å². The smallest absolute Gasteiger partial charge is 0.228 e. The summed E-state index contributed by atoms with van der Waals surface area (Å²) in [5.41, 5.74) is 3.63. The molecule has 2 saturated heterocycles. The summed E-state index contributed by atoms with van der Waals surface area (Å²) in [4.78, 5) is 13.1. The average Bonchev–Trinajstić information content (AvgIpc) is 3.26. The Labute approximate surface area is 213 Å². The highest BCUT2D eigenvalue weighted by atomic mass is 16.5. The highest BCUT2D eigenvalue weighted by Crippen LogP contribution is 2.41. The minimum absolute atomic E-state index is 0.0785. The maximum absolute atomic E-state index is 13.1. The number of Topliss-reactive ketones (excluding diaryl/α,β-unsaturated/α-hetero) is 1. The molecule has 7 heteroatoms. The van der Waals surface area contributed by atoms with Gasteiger partial charge < -0.3 is 19.7 Å². The van der Waals surface area contributed by atoms with Crippen molar-refractivity contribution >= 4 is 17.4 Å². The fraction of sp³-hybridized carbons (Fsp3) is 0.552. The summed E-state index contributed by atoms with van der Waals surface area (Å²) in [6.07, 6.45) is 12.7. The Hall–Kier alpha value is -2.45. The van der Waals surface area contributed by atoms with E-state index >= 15 is 0 Å². The van der Waals surface area contributed by atoms with Crippen molar-refractivity contribution in [2.45, 2.75) is 63.8 Å². The molecule has 4 unspecified atom stereocenters. The first-order chi connectivity index (χ1) is 17.6. The zero-order valence-corrected chi connectivity index (χ0v) is 20.9. The largest absolute Gasteiger partial charge is 0.494 e. The molecule has 5 rings (SSSR count). The molecule has 0 bridgehead atoms. The van der Waals surface area contributed by atoms with E-state index in [1.807, 2.05) is 30.4 Å². The Kier molecular flexibility index (Phi) is 8.22. The topological polar surface area (TPSA) is 100 Å². The molecular weight excluding hydrogens is 456 g/mol. The summed E-state index contributed by atoms with van der Waals surface area (Å²) < 4.78 is 11.8. The molecule has 0 aromatic heterocycles. The third-order valence-corrected chi connectivity index (χ3v) is 7.84. The highest BCUT2D eigenvalue weighted by molar-refractivity contribution is 6.25. The van der Waals surface area contributed by atoms with Crippen LogP contribution in [-0.2, 0) is 9.53 Å². The van der Waals surface area contributed by atoms with Gasteiger partial charge >= 0.3 is 0 Å². The van der Waals surface area contributed by atoms with E-state index in [4.69, 9.17) is 9.47 Å². The molecule has 0 saturated carbocycles. The first-order valence-electron chi connectivity index (χ1n) is 13.5. The lowest BCUT2D eigenvalue weighted by atomic mass is 9.93. The van der Waals surface area contributed by atoms with Gasteiger partial charge in [-0.1, -0.05) is 6.07 Å². The van der Waals surface area contributed by atoms with E-state index in [1.165, 1.54) is 0 Å². The van der Waals surface area contributed by atoms with Crippen LogP contribution < -0.4 is 15.4 Å². The number of allylic oxidation sites excluding steroid dienone is 4. The van der Waals surface area contributed by atoms with Gasteiger partial charge in [-0.05, 0) is 123 Å². The van der Waals surface area contributed by atoms with Crippen molar-refractivity contribution in [1.29, 1.82) is 0 Å². The van der Waals surface area contributed by atoms with Crippen LogP contribution in [0.4, 0.5) is 0 Å². The molecule has 2 aliphatic carbocycles. The number of aliphatic hydroxyl groups excluding tert-OH is 2. The minimum Gasteiger partial charge on any atom is -0.494 e. The molecule has 2 fully saturated rings. The van der Waals surface area contributed by atoms with Gasteiger partial charge in [0.05, 0.1) is 13.2 Å². The lowest BCUT2D eigenvalue weighted by Crippen LogP contribution is -2.41. The molecule has 0 radical (unpaired) electrons. The lowest BCUT2D eigenvalue weighted by Gasteiger charge is -2.28. The molecule has 2 heterocycles. The van der Waals surface area contributed by atoms with Crippen LogP contribution in [0.2, 0.25) is 0 Å². The number of fused-ring (bicyclic) bond motifs is 3. The van der Waals surface area contributed by atoms with Crippen LogP contribution >= 0.6 is 0 Å². The predicted molar refractivity (Wildman–Crippen MR) is 139 cm³/mol. The number of rotatable bonds is 10. The molecule has 0 spiro atoms. The van der Waals surface area contributed by atoms with E-state index in [9.17, 15) is 15.0 Å². The van der Waals surface area contributed by atoms with Crippen molar-refractivity contribution in [2.24, 2.45) is 11.8 Å². The molecular formula is C29H38N2O5. The molecule has 1 aromatic carbocycles. The second-order valence-electron chi connectivity index (χ2n) is 10.3. The number of carbonyl (C=O) groups is 1. The quantitative estimate of drug-likeness (QED) is 0.369. The summed E-state index contributed by atoms with van der Waals surface area (Å²) >= 11 is 0. The second-order valence-corrected chi connectivity index (χ2v) is 10.3. The second kappa shape index (κ2) is 11.7. The number of benzene rings is 1. The van der Waals surface area contributed by atoms with E-state index in [0.717, 1.165) is 86.9 Å². The Balaban J connectivity index is 1.11. The van der Waals surface area contributed by atoms with Gasteiger partial charge in [0.25, 0.3) is 0 Å². The molecule has 4 atom stereocenters. The zero-order chi connectivity index (χ0) is 24.9. The summed E-state index contributed by atoms with van der Waals surface area (Å²) in [5.74, 6) is 1.65. The number of piperidine rings is 2. The lowest BCUT2D eigenvalue weighted by molar-refractivity contribution is -0.115. The fourth-order valence-corrected chi connectivity index (χ4v) is 5.77. The number of ketones is 1. The van der Waals surface area contributed by atoms with Crippen molar-refractivity contribution in [2.75, 3.05) is 26.3 Å². The predicted octanol–water partition coefficient (Wildman–Crippen LogP) is 3.53. The Morgan fingerprint density at radius 2 is 1.53 bits per heavy atom. The third-order valence-electron chi connectivity index (χ3n) is 7.84. The van der Waals surface area contributed by atoms with Crippen LogP contribution in [0.5, 0.6) is 5.75 Å². The first-order valence-corrected chi connectivity index (χ1v) is 13.5. The summed E-state index contributed by atoms with van der Waals surface area (Å²) in [6.45, 7) is 2.84. The fourth-order valence-electron chi connectivity index (χ4n) is 5.77. The first kappa shape index (κ1) is 25.2. The zero-order valence-electron chi connectivity index (χ0n) is 20.9. The molecule has 4 aliphatic rings. The highest BCUT2D eigenvalue weighted by Gasteiger charge is 2.30. The molecule has 7 nitrogen and oxygen atoms in total. The van der Waals surface area contributed by atoms with Crippen molar-refractivity contribution in [1.82, 2.24) is 10.6 Å². The van der Waals surface area contributed by atoms with Crippen LogP contribution in [0, 0.1) is 11.8 Å². The van der Waals surface area contributed by atoms with Crippen molar-refractivity contribution in [3.63, 3.8) is 0 Å². The van der Waals surface area contributed by atoms with Crippen LogP contribution in [0.3, 0.4) is 0 Å². The molecule has 36 heavy (non-hydrogen) atoms. The van der Waals surface area contributed by atoms with E-state index in [-0.39, 0.29) is 11.7 Å². The number of carbonyl (C=O) groups excluding carboxylic acids is 1. The van der Waals surface area contributed by atoms with E-state index in [2.05, 4.69) is 10.6 Å². The molecule has 0 amide bonds. The number of hydrogen-bond acceptors (Lipinski definition) is 7. The number of nitrogens with one attached hydrogen (secondary N) is 2. The van der Waals surface area contributed by atoms with Crippen LogP contribution in [0.15, 0.2) is 41.7 Å². The minimum atomic E-state index is -0.433. The van der Waals surface area contributed by atoms with Crippen molar-refractivity contribution < 1.29 is 24.5 Å². The van der Waals surface area contributed by atoms with Gasteiger partial charge in [0.2, 0.25) is 5.78 Å². The van der Waals surface area contributed by atoms with Gasteiger partial charge in [0.15, 0.2) is 5.76 Å². The van der Waals surface area contributed by atoms with Gasteiger partial charge in [0.1, 0.15) is 18.2 Å². The summed E-state index contributed by atoms with van der Waals surface area (Å²) in [6, 6.07) is 5.98. The van der Waals surface area contributed by atoms with Crippen LogP contribution in [-0.4, -0.2) is 54.8 Å². The van der Waals surface area contributed by atoms with Gasteiger partial charge in [0, 0.05) is 5.57 Å². The number of hydrogen-bond donors (Lipinski definition) is 4. The van der Waals surface area contributed by atoms with E-state index < -0.39 is 12.5 Å². The van der Waals surface area contributed by atoms with Crippen LogP contribution in [0.1, 0.15) is 62.5 Å². The van der Waals surface area contributed by atoms with Crippen LogP contribution in [0.25, 0.3) is 11.6 Å². The van der Waals surface area contributed by atoms with Gasteiger partial charge in [-0.3, -0.25) is 15.4 Å².